The van der Waals surface area contributed by atoms with Gasteiger partial charge in [0.15, 0.2) is 0 Å². The lowest BCUT2D eigenvalue weighted by atomic mass is 10.2. The molecule has 1 atom stereocenters. The van der Waals surface area contributed by atoms with Gasteiger partial charge in [-0.05, 0) is 35.9 Å². The zero-order valence-electron chi connectivity index (χ0n) is 11.0. The zero-order chi connectivity index (χ0) is 15.5. The molecule has 21 heavy (non-hydrogen) atoms. The standard InChI is InChI=1S/C13H14FNO4S2/c14-11-7-9(2-4-13(16)17)1-3-12(11)21(18,19)15-10-5-6-20-8-10/h1-4,7,10,15H,5-6,8H2,(H,16,17)/b4-2+. The van der Waals surface area contributed by atoms with E-state index in [0.29, 0.717) is 5.75 Å². The van der Waals surface area contributed by atoms with Crippen molar-refractivity contribution >= 4 is 33.8 Å². The molecule has 0 saturated carbocycles. The van der Waals surface area contributed by atoms with E-state index >= 15 is 0 Å². The first-order valence-corrected chi connectivity index (χ1v) is 8.83. The van der Waals surface area contributed by atoms with Crippen molar-refractivity contribution in [3.05, 3.63) is 35.7 Å². The van der Waals surface area contributed by atoms with Crippen LogP contribution in [-0.2, 0) is 14.8 Å². The van der Waals surface area contributed by atoms with E-state index in [2.05, 4.69) is 4.72 Å². The Morgan fingerprint density at radius 2 is 2.24 bits per heavy atom. The Bertz CT molecular complexity index is 667. The summed E-state index contributed by atoms with van der Waals surface area (Å²) in [7, 11) is -3.90. The summed E-state index contributed by atoms with van der Waals surface area (Å²) in [5, 5.41) is 8.50. The summed E-state index contributed by atoms with van der Waals surface area (Å²) in [6.07, 6.45) is 2.78. The lowest BCUT2D eigenvalue weighted by Gasteiger charge is -2.12. The van der Waals surface area contributed by atoms with Gasteiger partial charge >= 0.3 is 5.97 Å². The molecule has 0 aromatic heterocycles. The molecule has 1 fully saturated rings. The van der Waals surface area contributed by atoms with Crippen molar-refractivity contribution < 1.29 is 22.7 Å². The SMILES string of the molecule is O=C(O)/C=C/c1ccc(S(=O)(=O)NC2CCSC2)c(F)c1. The van der Waals surface area contributed by atoms with E-state index in [1.165, 1.54) is 12.1 Å². The van der Waals surface area contributed by atoms with Gasteiger partial charge in [-0.2, -0.15) is 11.8 Å². The summed E-state index contributed by atoms with van der Waals surface area (Å²) in [6, 6.07) is 3.32. The largest absolute Gasteiger partial charge is 0.478 e. The van der Waals surface area contributed by atoms with Gasteiger partial charge in [0.25, 0.3) is 0 Å². The van der Waals surface area contributed by atoms with Crippen LogP contribution < -0.4 is 4.72 Å². The summed E-state index contributed by atoms with van der Waals surface area (Å²) in [6.45, 7) is 0. The highest BCUT2D eigenvalue weighted by Gasteiger charge is 2.25. The molecule has 114 valence electrons. The molecule has 1 aliphatic rings. The zero-order valence-corrected chi connectivity index (χ0v) is 12.6. The van der Waals surface area contributed by atoms with E-state index in [4.69, 9.17) is 5.11 Å². The Morgan fingerprint density at radius 1 is 1.48 bits per heavy atom. The number of benzene rings is 1. The van der Waals surface area contributed by atoms with Crippen LogP contribution in [0.25, 0.3) is 6.08 Å². The molecule has 1 saturated heterocycles. The van der Waals surface area contributed by atoms with E-state index in [1.807, 2.05) is 0 Å². The molecule has 1 heterocycles. The molecule has 8 heteroatoms. The lowest BCUT2D eigenvalue weighted by molar-refractivity contribution is -0.131. The average Bonchev–Trinajstić information content (AvgIpc) is 2.88. The number of thioether (sulfide) groups is 1. The fourth-order valence-corrected chi connectivity index (χ4v) is 4.50. The van der Waals surface area contributed by atoms with Crippen LogP contribution in [0.4, 0.5) is 4.39 Å². The number of nitrogens with one attached hydrogen (secondary N) is 1. The molecule has 0 radical (unpaired) electrons. The van der Waals surface area contributed by atoms with Gasteiger partial charge < -0.3 is 5.11 Å². The van der Waals surface area contributed by atoms with Crippen LogP contribution in [0.1, 0.15) is 12.0 Å². The average molecular weight is 331 g/mol. The van der Waals surface area contributed by atoms with Crippen molar-refractivity contribution in [2.75, 3.05) is 11.5 Å². The molecule has 1 aromatic carbocycles. The summed E-state index contributed by atoms with van der Waals surface area (Å²) in [5.74, 6) is -0.497. The van der Waals surface area contributed by atoms with Crippen molar-refractivity contribution in [1.29, 1.82) is 0 Å². The summed E-state index contributed by atoms with van der Waals surface area (Å²) in [5.41, 5.74) is 0.283. The van der Waals surface area contributed by atoms with E-state index in [1.54, 1.807) is 11.8 Å². The lowest BCUT2D eigenvalue weighted by Crippen LogP contribution is -2.35. The fraction of sp³-hybridized carbons (Fsp3) is 0.308. The molecule has 5 nitrogen and oxygen atoms in total. The maximum absolute atomic E-state index is 13.9. The summed E-state index contributed by atoms with van der Waals surface area (Å²) in [4.78, 5) is 9.96. The van der Waals surface area contributed by atoms with E-state index in [-0.39, 0.29) is 11.6 Å². The predicted molar refractivity (Wildman–Crippen MR) is 79.1 cm³/mol. The third kappa shape index (κ3) is 4.29. The minimum Gasteiger partial charge on any atom is -0.478 e. The van der Waals surface area contributed by atoms with Gasteiger partial charge in [-0.3, -0.25) is 0 Å². The Balaban J connectivity index is 2.21. The molecular weight excluding hydrogens is 317 g/mol. The van der Waals surface area contributed by atoms with Crippen molar-refractivity contribution in [2.45, 2.75) is 17.4 Å². The topological polar surface area (TPSA) is 83.5 Å². The monoisotopic (exact) mass is 331 g/mol. The third-order valence-corrected chi connectivity index (χ3v) is 5.63. The second-order valence-corrected chi connectivity index (χ2v) is 7.38. The Labute approximate surface area is 126 Å². The van der Waals surface area contributed by atoms with Gasteiger partial charge in [0, 0.05) is 17.9 Å². The first kappa shape index (κ1) is 16.0. The molecule has 1 aromatic rings. The highest BCUT2D eigenvalue weighted by atomic mass is 32.2. The highest BCUT2D eigenvalue weighted by molar-refractivity contribution is 7.99. The van der Waals surface area contributed by atoms with Crippen LogP contribution in [0, 0.1) is 5.82 Å². The Hall–Kier alpha value is -1.38. The number of rotatable bonds is 5. The second kappa shape index (κ2) is 6.59. The third-order valence-electron chi connectivity index (χ3n) is 2.92. The molecule has 2 N–H and O–H groups in total. The molecule has 0 bridgehead atoms. The van der Waals surface area contributed by atoms with E-state index in [0.717, 1.165) is 30.4 Å². The second-order valence-electron chi connectivity index (χ2n) is 4.54. The Morgan fingerprint density at radius 3 is 2.81 bits per heavy atom. The van der Waals surface area contributed by atoms with Crippen molar-refractivity contribution in [2.24, 2.45) is 0 Å². The van der Waals surface area contributed by atoms with Crippen LogP contribution in [0.5, 0.6) is 0 Å². The van der Waals surface area contributed by atoms with Gasteiger partial charge in [-0.1, -0.05) is 6.07 Å². The summed E-state index contributed by atoms with van der Waals surface area (Å²) >= 11 is 1.65. The van der Waals surface area contributed by atoms with Crippen LogP contribution >= 0.6 is 11.8 Å². The van der Waals surface area contributed by atoms with Gasteiger partial charge in [-0.15, -0.1) is 0 Å². The van der Waals surface area contributed by atoms with Crippen molar-refractivity contribution in [3.8, 4) is 0 Å². The van der Waals surface area contributed by atoms with Crippen molar-refractivity contribution in [1.82, 2.24) is 4.72 Å². The molecule has 0 spiro atoms. The number of aliphatic carboxylic acids is 1. The molecule has 1 aliphatic heterocycles. The van der Waals surface area contributed by atoms with Crippen LogP contribution in [0.3, 0.4) is 0 Å². The Kier molecular flexibility index (Phi) is 5.02. The van der Waals surface area contributed by atoms with Gasteiger partial charge in [-0.25, -0.2) is 22.3 Å². The highest BCUT2D eigenvalue weighted by Crippen LogP contribution is 2.21. The molecule has 0 aliphatic carbocycles. The number of sulfonamides is 1. The van der Waals surface area contributed by atoms with Crippen molar-refractivity contribution in [3.63, 3.8) is 0 Å². The predicted octanol–water partition coefficient (Wildman–Crippen LogP) is 1.71. The van der Waals surface area contributed by atoms with Gasteiger partial charge in [0.05, 0.1) is 0 Å². The number of carboxylic acid groups (broad SMARTS) is 1. The van der Waals surface area contributed by atoms with Crippen LogP contribution in [-0.4, -0.2) is 37.0 Å². The molecule has 0 amide bonds. The number of halogens is 1. The normalized spacial score (nSPS) is 19.2. The quantitative estimate of drug-likeness (QED) is 0.803. The molecule has 2 rings (SSSR count). The number of carbonyl (C=O) groups is 1. The number of hydrogen-bond donors (Lipinski definition) is 2. The first-order chi connectivity index (χ1) is 9.88. The minimum atomic E-state index is -3.90. The summed E-state index contributed by atoms with van der Waals surface area (Å²) < 4.78 is 40.6. The number of carboxylic acids is 1. The molecule has 1 unspecified atom stereocenters. The number of hydrogen-bond acceptors (Lipinski definition) is 4. The molecular formula is C13H14FNO4S2. The van der Waals surface area contributed by atoms with Crippen LogP contribution in [0.15, 0.2) is 29.2 Å². The smallest absolute Gasteiger partial charge is 0.328 e. The van der Waals surface area contributed by atoms with Gasteiger partial charge in [0.2, 0.25) is 10.0 Å². The maximum Gasteiger partial charge on any atom is 0.328 e. The van der Waals surface area contributed by atoms with E-state index in [9.17, 15) is 17.6 Å². The van der Waals surface area contributed by atoms with Crippen LogP contribution in [0.2, 0.25) is 0 Å². The van der Waals surface area contributed by atoms with Gasteiger partial charge in [0.1, 0.15) is 10.7 Å². The fourth-order valence-electron chi connectivity index (χ4n) is 1.92. The first-order valence-electron chi connectivity index (χ1n) is 6.19. The minimum absolute atomic E-state index is 0.175. The maximum atomic E-state index is 13.9. The van der Waals surface area contributed by atoms with E-state index < -0.39 is 26.7 Å².